The van der Waals surface area contributed by atoms with E-state index in [9.17, 15) is 5.11 Å². The van der Waals surface area contributed by atoms with Crippen LogP contribution >= 0.6 is 0 Å². The topological polar surface area (TPSA) is 29.5 Å². The van der Waals surface area contributed by atoms with Gasteiger partial charge in [0.05, 0.1) is 12.7 Å². The third-order valence-corrected chi connectivity index (χ3v) is 4.77. The van der Waals surface area contributed by atoms with Crippen LogP contribution in [0.25, 0.3) is 0 Å². The molecule has 1 saturated carbocycles. The number of aliphatic hydroxyl groups is 1. The number of aliphatic hydroxyl groups excluding tert-OH is 1. The second-order valence-electron chi connectivity index (χ2n) is 6.09. The summed E-state index contributed by atoms with van der Waals surface area (Å²) >= 11 is 0. The Morgan fingerprint density at radius 1 is 1.11 bits per heavy atom. The second kappa shape index (κ2) is 5.96. The van der Waals surface area contributed by atoms with Gasteiger partial charge in [0, 0.05) is 5.92 Å². The average Bonchev–Trinajstić information content (AvgIpc) is 2.47. The molecule has 2 aliphatic rings. The van der Waals surface area contributed by atoms with Crippen LogP contribution in [0.4, 0.5) is 0 Å². The lowest BCUT2D eigenvalue weighted by atomic mass is 9.79. The van der Waals surface area contributed by atoms with Crippen LogP contribution in [0.2, 0.25) is 0 Å². The molecular weight excluding hydrogens is 236 g/mol. The molecule has 2 heteroatoms. The molecule has 2 nitrogen and oxygen atoms in total. The summed E-state index contributed by atoms with van der Waals surface area (Å²) in [5.74, 6) is 1.98. The molecule has 3 rings (SSSR count). The highest BCUT2D eigenvalue weighted by Gasteiger charge is 2.29. The predicted octanol–water partition coefficient (Wildman–Crippen LogP) is 3.88. The summed E-state index contributed by atoms with van der Waals surface area (Å²) in [5.41, 5.74) is 1.21. The minimum atomic E-state index is -0.201. The minimum absolute atomic E-state index is 0.201. The minimum Gasteiger partial charge on any atom is -0.493 e. The molecule has 1 aliphatic carbocycles. The normalized spacial score (nSPS) is 25.4. The van der Waals surface area contributed by atoms with Crippen molar-refractivity contribution < 1.29 is 9.84 Å². The zero-order valence-corrected chi connectivity index (χ0v) is 11.6. The van der Waals surface area contributed by atoms with E-state index >= 15 is 0 Å². The van der Waals surface area contributed by atoms with Crippen molar-refractivity contribution in [3.05, 3.63) is 29.8 Å². The zero-order chi connectivity index (χ0) is 13.1. The Labute approximate surface area is 115 Å². The first-order chi connectivity index (χ1) is 9.34. The van der Waals surface area contributed by atoms with Crippen molar-refractivity contribution in [3.63, 3.8) is 0 Å². The van der Waals surface area contributed by atoms with E-state index < -0.39 is 0 Å². The van der Waals surface area contributed by atoms with Crippen molar-refractivity contribution in [2.24, 2.45) is 5.92 Å². The monoisotopic (exact) mass is 260 g/mol. The Morgan fingerprint density at radius 2 is 1.89 bits per heavy atom. The number of hydrogen-bond acceptors (Lipinski definition) is 2. The first kappa shape index (κ1) is 13.0. The van der Waals surface area contributed by atoms with Crippen molar-refractivity contribution in [2.75, 3.05) is 6.61 Å². The van der Waals surface area contributed by atoms with Gasteiger partial charge in [0.15, 0.2) is 0 Å². The summed E-state index contributed by atoms with van der Waals surface area (Å²) in [6.45, 7) is 0.739. The summed E-state index contributed by atoms with van der Waals surface area (Å²) in [5, 5.41) is 10.6. The highest BCUT2D eigenvalue weighted by Crippen LogP contribution is 2.38. The third-order valence-electron chi connectivity index (χ3n) is 4.77. The maximum atomic E-state index is 10.6. The Kier molecular flexibility index (Phi) is 4.07. The summed E-state index contributed by atoms with van der Waals surface area (Å²) in [6.07, 6.45) is 8.41. The van der Waals surface area contributed by atoms with E-state index in [1.165, 1.54) is 37.7 Å². The van der Waals surface area contributed by atoms with Crippen LogP contribution in [0.5, 0.6) is 5.75 Å². The number of ether oxygens (including phenoxy) is 1. The predicted molar refractivity (Wildman–Crippen MR) is 76.5 cm³/mol. The molecule has 0 aromatic heterocycles. The van der Waals surface area contributed by atoms with Gasteiger partial charge in [-0.3, -0.25) is 0 Å². The lowest BCUT2D eigenvalue weighted by molar-refractivity contribution is 0.0851. The summed E-state index contributed by atoms with van der Waals surface area (Å²) < 4.78 is 5.68. The van der Waals surface area contributed by atoms with Crippen molar-refractivity contribution in [1.29, 1.82) is 0 Å². The molecule has 2 atom stereocenters. The van der Waals surface area contributed by atoms with Gasteiger partial charge in [-0.15, -0.1) is 0 Å². The standard InChI is InChI=1S/C17H24O2/c18-16(12-13-6-2-1-3-7-13)14-10-11-19-17-9-5-4-8-15(14)17/h4-5,8-9,13-14,16,18H,1-3,6-7,10-12H2. The highest BCUT2D eigenvalue weighted by atomic mass is 16.5. The van der Waals surface area contributed by atoms with Crippen molar-refractivity contribution in [1.82, 2.24) is 0 Å². The van der Waals surface area contributed by atoms with Gasteiger partial charge < -0.3 is 9.84 Å². The van der Waals surface area contributed by atoms with Crippen molar-refractivity contribution >= 4 is 0 Å². The van der Waals surface area contributed by atoms with E-state index in [0.29, 0.717) is 0 Å². The highest BCUT2D eigenvalue weighted by molar-refractivity contribution is 5.38. The van der Waals surface area contributed by atoms with Gasteiger partial charge in [0.25, 0.3) is 0 Å². The van der Waals surface area contributed by atoms with Crippen molar-refractivity contribution in [2.45, 2.75) is 57.0 Å². The summed E-state index contributed by atoms with van der Waals surface area (Å²) in [7, 11) is 0. The average molecular weight is 260 g/mol. The fourth-order valence-electron chi connectivity index (χ4n) is 3.70. The molecule has 0 saturated heterocycles. The zero-order valence-electron chi connectivity index (χ0n) is 11.6. The molecule has 104 valence electrons. The molecule has 19 heavy (non-hydrogen) atoms. The van der Waals surface area contributed by atoms with Crippen LogP contribution in [0.1, 0.15) is 56.4 Å². The number of fused-ring (bicyclic) bond motifs is 1. The van der Waals surface area contributed by atoms with E-state index in [1.54, 1.807) is 0 Å². The maximum absolute atomic E-state index is 10.6. The van der Waals surface area contributed by atoms with Gasteiger partial charge in [-0.1, -0.05) is 50.3 Å². The molecule has 2 unspecified atom stereocenters. The van der Waals surface area contributed by atoms with Gasteiger partial charge in [-0.2, -0.15) is 0 Å². The first-order valence-corrected chi connectivity index (χ1v) is 7.74. The molecule has 0 spiro atoms. The van der Waals surface area contributed by atoms with Gasteiger partial charge in [0.1, 0.15) is 5.75 Å². The van der Waals surface area contributed by atoms with Crippen LogP contribution in [0, 0.1) is 5.92 Å². The first-order valence-electron chi connectivity index (χ1n) is 7.74. The second-order valence-corrected chi connectivity index (χ2v) is 6.09. The van der Waals surface area contributed by atoms with E-state index in [2.05, 4.69) is 6.07 Å². The van der Waals surface area contributed by atoms with Crippen LogP contribution in [0.15, 0.2) is 24.3 Å². The number of para-hydroxylation sites is 1. The van der Waals surface area contributed by atoms with Gasteiger partial charge in [0.2, 0.25) is 0 Å². The summed E-state index contributed by atoms with van der Waals surface area (Å²) in [6, 6.07) is 8.20. The summed E-state index contributed by atoms with van der Waals surface area (Å²) in [4.78, 5) is 0. The lowest BCUT2D eigenvalue weighted by Gasteiger charge is -2.32. The Balaban J connectivity index is 1.68. The largest absolute Gasteiger partial charge is 0.493 e. The molecule has 0 amide bonds. The number of benzene rings is 1. The van der Waals surface area contributed by atoms with Crippen LogP contribution in [-0.2, 0) is 0 Å². The molecule has 0 radical (unpaired) electrons. The molecule has 0 bridgehead atoms. The van der Waals surface area contributed by atoms with E-state index in [-0.39, 0.29) is 12.0 Å². The van der Waals surface area contributed by atoms with Gasteiger partial charge in [-0.25, -0.2) is 0 Å². The molecule has 1 fully saturated rings. The fraction of sp³-hybridized carbons (Fsp3) is 0.647. The number of rotatable bonds is 3. The Bertz CT molecular complexity index is 409. The van der Waals surface area contributed by atoms with E-state index in [1.807, 2.05) is 18.2 Å². The molecule has 1 aromatic carbocycles. The molecule has 1 N–H and O–H groups in total. The lowest BCUT2D eigenvalue weighted by Crippen LogP contribution is -2.27. The Hall–Kier alpha value is -1.02. The van der Waals surface area contributed by atoms with Crippen LogP contribution in [0.3, 0.4) is 0 Å². The van der Waals surface area contributed by atoms with E-state index in [4.69, 9.17) is 4.74 Å². The molecular formula is C17H24O2. The number of hydrogen-bond donors (Lipinski definition) is 1. The molecule has 1 heterocycles. The fourth-order valence-corrected chi connectivity index (χ4v) is 3.70. The SMILES string of the molecule is OC(CC1CCCCC1)C1CCOc2ccccc21. The van der Waals surface area contributed by atoms with Gasteiger partial charge >= 0.3 is 0 Å². The smallest absolute Gasteiger partial charge is 0.122 e. The maximum Gasteiger partial charge on any atom is 0.122 e. The Morgan fingerprint density at radius 3 is 2.74 bits per heavy atom. The van der Waals surface area contributed by atoms with Gasteiger partial charge in [-0.05, 0) is 30.4 Å². The molecule has 1 aliphatic heterocycles. The quantitative estimate of drug-likeness (QED) is 0.893. The van der Waals surface area contributed by atoms with E-state index in [0.717, 1.165) is 31.1 Å². The van der Waals surface area contributed by atoms with Crippen LogP contribution < -0.4 is 4.74 Å². The molecule has 1 aromatic rings. The third kappa shape index (κ3) is 2.94. The van der Waals surface area contributed by atoms with Crippen LogP contribution in [-0.4, -0.2) is 17.8 Å². The van der Waals surface area contributed by atoms with Crippen molar-refractivity contribution in [3.8, 4) is 5.75 Å².